The zero-order chi connectivity index (χ0) is 26.2. The fourth-order valence-corrected chi connectivity index (χ4v) is 5.38. The first-order valence-electron chi connectivity index (χ1n) is 12.8. The van der Waals surface area contributed by atoms with Crippen LogP contribution in [-0.2, 0) is 15.1 Å². The standard InChI is InChI=1S/C30H34N2O5/c1-21(22-9-11-23(12-10-22)24-13-15-32(27(33)17-24)26-18-36-19-26)31-16-14-30(37-28(31)34,20-29(2,3)35)25-7-5-4-6-8-25/h4-13,15,17,21,26,35H,14,16,18-20H2,1-3H3/t21-,30-/m0/s1. The molecule has 194 valence electrons. The van der Waals surface area contributed by atoms with E-state index in [1.165, 1.54) is 0 Å². The Hall–Kier alpha value is -3.42. The van der Waals surface area contributed by atoms with E-state index in [1.54, 1.807) is 29.4 Å². The van der Waals surface area contributed by atoms with E-state index in [0.717, 1.165) is 22.3 Å². The second kappa shape index (κ2) is 9.80. The minimum absolute atomic E-state index is 0.0349. The Morgan fingerprint density at radius 2 is 1.73 bits per heavy atom. The van der Waals surface area contributed by atoms with Crippen molar-refractivity contribution < 1.29 is 19.4 Å². The summed E-state index contributed by atoms with van der Waals surface area (Å²) >= 11 is 0. The van der Waals surface area contributed by atoms with Crippen LogP contribution >= 0.6 is 0 Å². The molecule has 0 saturated carbocycles. The van der Waals surface area contributed by atoms with Crippen LogP contribution in [-0.4, -0.2) is 46.0 Å². The van der Waals surface area contributed by atoms with Crippen LogP contribution in [0.15, 0.2) is 77.7 Å². The Bertz CT molecular complexity index is 1310. The molecule has 2 aromatic carbocycles. The average Bonchev–Trinajstić information content (AvgIpc) is 2.83. The van der Waals surface area contributed by atoms with E-state index in [4.69, 9.17) is 9.47 Å². The van der Waals surface area contributed by atoms with E-state index in [2.05, 4.69) is 0 Å². The lowest BCUT2D eigenvalue weighted by Crippen LogP contribution is -2.51. The fourth-order valence-electron chi connectivity index (χ4n) is 5.38. The lowest BCUT2D eigenvalue weighted by Gasteiger charge is -2.45. The minimum atomic E-state index is -0.994. The van der Waals surface area contributed by atoms with Gasteiger partial charge in [-0.25, -0.2) is 4.79 Å². The van der Waals surface area contributed by atoms with Gasteiger partial charge in [-0.2, -0.15) is 0 Å². The number of pyridine rings is 1. The Morgan fingerprint density at radius 1 is 1.03 bits per heavy atom. The van der Waals surface area contributed by atoms with Gasteiger partial charge in [0.1, 0.15) is 5.60 Å². The van der Waals surface area contributed by atoms with Gasteiger partial charge in [0.2, 0.25) is 0 Å². The zero-order valence-corrected chi connectivity index (χ0v) is 21.6. The molecule has 5 rings (SSSR count). The molecule has 2 aliphatic rings. The van der Waals surface area contributed by atoms with E-state index in [-0.39, 0.29) is 23.7 Å². The van der Waals surface area contributed by atoms with Gasteiger partial charge < -0.3 is 24.0 Å². The number of benzene rings is 2. The van der Waals surface area contributed by atoms with Crippen molar-refractivity contribution in [2.45, 2.75) is 56.9 Å². The molecule has 2 fully saturated rings. The number of carbonyl (C=O) groups is 1. The first-order valence-corrected chi connectivity index (χ1v) is 12.8. The molecule has 2 aliphatic heterocycles. The third-order valence-electron chi connectivity index (χ3n) is 7.45. The third kappa shape index (κ3) is 5.20. The predicted octanol–water partition coefficient (Wildman–Crippen LogP) is 5.05. The number of hydrogen-bond donors (Lipinski definition) is 1. The average molecular weight is 503 g/mol. The van der Waals surface area contributed by atoms with Crippen molar-refractivity contribution in [1.82, 2.24) is 9.47 Å². The molecule has 0 radical (unpaired) electrons. The van der Waals surface area contributed by atoms with Crippen LogP contribution in [0.1, 0.15) is 56.8 Å². The van der Waals surface area contributed by atoms with Crippen molar-refractivity contribution in [3.8, 4) is 11.1 Å². The van der Waals surface area contributed by atoms with Gasteiger partial charge in [-0.05, 0) is 49.1 Å². The first-order chi connectivity index (χ1) is 17.7. The summed E-state index contributed by atoms with van der Waals surface area (Å²) in [6.45, 7) is 7.14. The normalized spacial score (nSPS) is 21.3. The number of rotatable bonds is 7. The Balaban J connectivity index is 1.32. The SMILES string of the molecule is C[C@@H](c1ccc(-c2ccn(C3COC3)c(=O)c2)cc1)N1CC[C@](CC(C)(C)O)(c2ccccc2)OC1=O. The van der Waals surface area contributed by atoms with Gasteiger partial charge in [-0.15, -0.1) is 0 Å². The number of hydrogen-bond acceptors (Lipinski definition) is 5. The van der Waals surface area contributed by atoms with Gasteiger partial charge in [-0.3, -0.25) is 4.79 Å². The molecule has 1 N–H and O–H groups in total. The molecule has 2 saturated heterocycles. The lowest BCUT2D eigenvalue weighted by atomic mass is 9.80. The van der Waals surface area contributed by atoms with Crippen molar-refractivity contribution in [2.24, 2.45) is 0 Å². The Kier molecular flexibility index (Phi) is 6.68. The number of carbonyl (C=O) groups excluding carboxylic acids is 1. The Morgan fingerprint density at radius 3 is 2.30 bits per heavy atom. The highest BCUT2D eigenvalue weighted by Gasteiger charge is 2.46. The van der Waals surface area contributed by atoms with E-state index in [9.17, 15) is 14.7 Å². The molecule has 0 aliphatic carbocycles. The second-order valence-corrected chi connectivity index (χ2v) is 10.8. The van der Waals surface area contributed by atoms with E-state index >= 15 is 0 Å². The number of amides is 1. The molecule has 0 bridgehead atoms. The quantitative estimate of drug-likeness (QED) is 0.489. The van der Waals surface area contributed by atoms with Gasteiger partial charge >= 0.3 is 6.09 Å². The molecule has 3 heterocycles. The molecule has 37 heavy (non-hydrogen) atoms. The molecule has 2 atom stereocenters. The molecular formula is C30H34N2O5. The van der Waals surface area contributed by atoms with Crippen LogP contribution < -0.4 is 5.56 Å². The maximum atomic E-state index is 13.3. The lowest BCUT2D eigenvalue weighted by molar-refractivity contribution is -0.101. The van der Waals surface area contributed by atoms with E-state index in [1.807, 2.05) is 73.8 Å². The van der Waals surface area contributed by atoms with Crippen LogP contribution in [0.3, 0.4) is 0 Å². The molecule has 1 amide bonds. The molecule has 7 nitrogen and oxygen atoms in total. The summed E-state index contributed by atoms with van der Waals surface area (Å²) < 4.78 is 13.0. The summed E-state index contributed by atoms with van der Waals surface area (Å²) in [5.41, 5.74) is 1.78. The van der Waals surface area contributed by atoms with Crippen LogP contribution in [0.5, 0.6) is 0 Å². The van der Waals surface area contributed by atoms with Gasteiger partial charge in [0.25, 0.3) is 5.56 Å². The van der Waals surface area contributed by atoms with Gasteiger partial charge in [0.15, 0.2) is 0 Å². The monoisotopic (exact) mass is 502 g/mol. The largest absolute Gasteiger partial charge is 0.438 e. The highest BCUT2D eigenvalue weighted by molar-refractivity contribution is 5.70. The summed E-state index contributed by atoms with van der Waals surface area (Å²) in [6.07, 6.45) is 2.34. The van der Waals surface area contributed by atoms with Crippen molar-refractivity contribution in [3.63, 3.8) is 0 Å². The van der Waals surface area contributed by atoms with E-state index < -0.39 is 11.2 Å². The third-order valence-corrected chi connectivity index (χ3v) is 7.45. The molecule has 0 unspecified atom stereocenters. The topological polar surface area (TPSA) is 81.0 Å². The van der Waals surface area contributed by atoms with Gasteiger partial charge in [0, 0.05) is 31.6 Å². The van der Waals surface area contributed by atoms with Crippen molar-refractivity contribution >= 4 is 6.09 Å². The number of aromatic nitrogens is 1. The van der Waals surface area contributed by atoms with Gasteiger partial charge in [-0.1, -0.05) is 54.6 Å². The molecule has 3 aromatic rings. The summed E-state index contributed by atoms with van der Waals surface area (Å²) in [6, 6.07) is 21.2. The number of cyclic esters (lactones) is 1. The summed E-state index contributed by atoms with van der Waals surface area (Å²) in [7, 11) is 0. The van der Waals surface area contributed by atoms with Gasteiger partial charge in [0.05, 0.1) is 30.9 Å². The zero-order valence-electron chi connectivity index (χ0n) is 21.6. The first kappa shape index (κ1) is 25.2. The second-order valence-electron chi connectivity index (χ2n) is 10.8. The highest BCUT2D eigenvalue weighted by Crippen LogP contribution is 2.42. The smallest absolute Gasteiger partial charge is 0.411 e. The Labute approximate surface area is 217 Å². The summed E-state index contributed by atoms with van der Waals surface area (Å²) in [5.74, 6) is 0. The number of ether oxygens (including phenoxy) is 2. The molecular weight excluding hydrogens is 468 g/mol. The van der Waals surface area contributed by atoms with Crippen molar-refractivity contribution in [3.05, 3.63) is 94.4 Å². The van der Waals surface area contributed by atoms with Crippen molar-refractivity contribution in [2.75, 3.05) is 19.8 Å². The fraction of sp³-hybridized carbons (Fsp3) is 0.400. The molecule has 7 heteroatoms. The van der Waals surface area contributed by atoms with Crippen LogP contribution in [0.4, 0.5) is 4.79 Å². The van der Waals surface area contributed by atoms with Crippen LogP contribution in [0, 0.1) is 0 Å². The number of aliphatic hydroxyl groups is 1. The maximum absolute atomic E-state index is 13.3. The predicted molar refractivity (Wildman–Crippen MR) is 141 cm³/mol. The molecule has 0 spiro atoms. The van der Waals surface area contributed by atoms with Crippen molar-refractivity contribution in [1.29, 1.82) is 0 Å². The maximum Gasteiger partial charge on any atom is 0.411 e. The van der Waals surface area contributed by atoms with Crippen LogP contribution in [0.2, 0.25) is 0 Å². The highest BCUT2D eigenvalue weighted by atomic mass is 16.6. The molecule has 1 aromatic heterocycles. The van der Waals surface area contributed by atoms with Crippen LogP contribution in [0.25, 0.3) is 11.1 Å². The van der Waals surface area contributed by atoms with E-state index in [0.29, 0.717) is 32.6 Å². The summed E-state index contributed by atoms with van der Waals surface area (Å²) in [4.78, 5) is 27.6. The minimum Gasteiger partial charge on any atom is -0.438 e. The number of nitrogens with zero attached hydrogens (tertiary/aromatic N) is 2. The summed E-state index contributed by atoms with van der Waals surface area (Å²) in [5, 5.41) is 10.6.